The van der Waals surface area contributed by atoms with Gasteiger partial charge in [0.15, 0.2) is 5.60 Å². The largest absolute Gasteiger partial charge is 0.493 e. The third-order valence-electron chi connectivity index (χ3n) is 4.08. The molecule has 2 aromatic rings. The van der Waals surface area contributed by atoms with Gasteiger partial charge in [-0.2, -0.15) is 8.42 Å². The summed E-state index contributed by atoms with van der Waals surface area (Å²) in [5.74, 6) is -0.171. The highest BCUT2D eigenvalue weighted by Crippen LogP contribution is 2.27. The number of hydrogen-bond acceptors (Lipinski definition) is 6. The second kappa shape index (κ2) is 9.07. The molecular formula is C20H24O7S. The van der Waals surface area contributed by atoms with Crippen LogP contribution in [0.5, 0.6) is 11.5 Å². The Kier molecular flexibility index (Phi) is 7.04. The van der Waals surface area contributed by atoms with Crippen LogP contribution in [0.15, 0.2) is 48.5 Å². The molecule has 0 fully saturated rings. The van der Waals surface area contributed by atoms with Crippen LogP contribution in [0.2, 0.25) is 0 Å². The number of rotatable bonds is 10. The molecule has 2 rings (SSSR count). The fourth-order valence-corrected chi connectivity index (χ4v) is 3.06. The van der Waals surface area contributed by atoms with E-state index >= 15 is 0 Å². The number of benzene rings is 2. The molecule has 1 atom stereocenters. The van der Waals surface area contributed by atoms with Crippen molar-refractivity contribution in [2.45, 2.75) is 25.9 Å². The maximum absolute atomic E-state index is 11.5. The van der Waals surface area contributed by atoms with Gasteiger partial charge in [0.2, 0.25) is 0 Å². The standard InChI is InChI=1S/C20H24O7S/c1-4-26-20(2,19(21)22)16-7-11-17(12-8-16)25-14-13-15-5-9-18(10-6-15)27-28(3,23)24/h5-12H,4,13-14H2,1-3H3,(H,21,22). The Balaban J connectivity index is 1.92. The number of carboxylic acid groups (broad SMARTS) is 1. The molecule has 0 spiro atoms. The van der Waals surface area contributed by atoms with E-state index in [0.717, 1.165) is 11.8 Å². The van der Waals surface area contributed by atoms with Crippen LogP contribution in [0.25, 0.3) is 0 Å². The van der Waals surface area contributed by atoms with Crippen molar-refractivity contribution < 1.29 is 32.0 Å². The molecule has 0 saturated heterocycles. The first-order chi connectivity index (χ1) is 13.1. The van der Waals surface area contributed by atoms with Crippen LogP contribution in [-0.2, 0) is 31.7 Å². The van der Waals surface area contributed by atoms with E-state index in [4.69, 9.17) is 13.7 Å². The van der Waals surface area contributed by atoms with Crippen molar-refractivity contribution in [2.75, 3.05) is 19.5 Å². The summed E-state index contributed by atoms with van der Waals surface area (Å²) in [5.41, 5.74) is 0.103. The first-order valence-electron chi connectivity index (χ1n) is 8.73. The first-order valence-corrected chi connectivity index (χ1v) is 10.5. The average Bonchev–Trinajstić information content (AvgIpc) is 2.62. The molecule has 0 aliphatic heterocycles. The molecule has 0 bridgehead atoms. The molecule has 0 heterocycles. The highest BCUT2D eigenvalue weighted by atomic mass is 32.2. The van der Waals surface area contributed by atoms with Gasteiger partial charge in [-0.25, -0.2) is 4.79 Å². The number of ether oxygens (including phenoxy) is 2. The zero-order chi connectivity index (χ0) is 20.8. The Morgan fingerprint density at radius 1 is 1.04 bits per heavy atom. The normalized spacial score (nSPS) is 13.5. The number of aliphatic carboxylic acids is 1. The molecule has 0 radical (unpaired) electrons. The lowest BCUT2D eigenvalue weighted by Gasteiger charge is -2.25. The number of carboxylic acids is 1. The summed E-state index contributed by atoms with van der Waals surface area (Å²) in [4.78, 5) is 11.5. The Hall–Kier alpha value is -2.58. The quantitative estimate of drug-likeness (QED) is 0.603. The predicted octanol–water partition coefficient (Wildman–Crippen LogP) is 2.98. The van der Waals surface area contributed by atoms with E-state index in [1.54, 1.807) is 55.5 Å². The Morgan fingerprint density at radius 2 is 1.61 bits per heavy atom. The summed E-state index contributed by atoms with van der Waals surface area (Å²) < 4.78 is 38.1. The molecule has 0 aromatic heterocycles. The number of carbonyl (C=O) groups is 1. The summed E-state index contributed by atoms with van der Waals surface area (Å²) in [7, 11) is -3.54. The molecule has 1 N–H and O–H groups in total. The van der Waals surface area contributed by atoms with Crippen LogP contribution >= 0.6 is 0 Å². The SMILES string of the molecule is CCOC(C)(C(=O)O)c1ccc(OCCc2ccc(OS(C)(=O)=O)cc2)cc1. The second-order valence-electron chi connectivity index (χ2n) is 6.33. The molecule has 1 unspecified atom stereocenters. The van der Waals surface area contributed by atoms with Crippen LogP contribution in [0.4, 0.5) is 0 Å². The summed E-state index contributed by atoms with van der Waals surface area (Å²) in [6.07, 6.45) is 1.61. The fourth-order valence-electron chi connectivity index (χ4n) is 2.60. The van der Waals surface area contributed by atoms with Crippen LogP contribution < -0.4 is 8.92 Å². The molecule has 8 heteroatoms. The van der Waals surface area contributed by atoms with Crippen molar-refractivity contribution in [1.29, 1.82) is 0 Å². The molecule has 0 amide bonds. The van der Waals surface area contributed by atoms with Crippen molar-refractivity contribution in [1.82, 2.24) is 0 Å². The van der Waals surface area contributed by atoms with Gasteiger partial charge in [0.1, 0.15) is 11.5 Å². The van der Waals surface area contributed by atoms with Crippen molar-refractivity contribution in [3.8, 4) is 11.5 Å². The average molecular weight is 408 g/mol. The van der Waals surface area contributed by atoms with Crippen molar-refractivity contribution in [3.63, 3.8) is 0 Å². The summed E-state index contributed by atoms with van der Waals surface area (Å²) in [6.45, 7) is 3.96. The monoisotopic (exact) mass is 408 g/mol. The second-order valence-corrected chi connectivity index (χ2v) is 7.90. The van der Waals surface area contributed by atoms with E-state index in [-0.39, 0.29) is 12.4 Å². The fraction of sp³-hybridized carbons (Fsp3) is 0.350. The van der Waals surface area contributed by atoms with Crippen LogP contribution in [0, 0.1) is 0 Å². The van der Waals surface area contributed by atoms with Gasteiger partial charge in [-0.3, -0.25) is 0 Å². The maximum Gasteiger partial charge on any atom is 0.340 e. The highest BCUT2D eigenvalue weighted by molar-refractivity contribution is 7.86. The van der Waals surface area contributed by atoms with E-state index < -0.39 is 21.7 Å². The third-order valence-corrected chi connectivity index (χ3v) is 4.57. The van der Waals surface area contributed by atoms with E-state index in [2.05, 4.69) is 0 Å². The zero-order valence-corrected chi connectivity index (χ0v) is 16.9. The minimum Gasteiger partial charge on any atom is -0.493 e. The van der Waals surface area contributed by atoms with E-state index in [1.165, 1.54) is 6.92 Å². The molecule has 7 nitrogen and oxygen atoms in total. The van der Waals surface area contributed by atoms with Gasteiger partial charge in [0.25, 0.3) is 0 Å². The molecule has 2 aromatic carbocycles. The van der Waals surface area contributed by atoms with Crippen molar-refractivity contribution >= 4 is 16.1 Å². The third kappa shape index (κ3) is 5.97. The van der Waals surface area contributed by atoms with E-state index in [1.807, 2.05) is 0 Å². The first kappa shape index (κ1) is 21.7. The van der Waals surface area contributed by atoms with Gasteiger partial charge in [-0.1, -0.05) is 24.3 Å². The lowest BCUT2D eigenvalue weighted by molar-refractivity contribution is -0.164. The van der Waals surface area contributed by atoms with Crippen molar-refractivity contribution in [2.24, 2.45) is 0 Å². The van der Waals surface area contributed by atoms with Crippen LogP contribution in [0.1, 0.15) is 25.0 Å². The summed E-state index contributed by atoms with van der Waals surface area (Å²) in [5, 5.41) is 9.44. The molecule has 152 valence electrons. The van der Waals surface area contributed by atoms with Gasteiger partial charge in [-0.05, 0) is 49.2 Å². The zero-order valence-electron chi connectivity index (χ0n) is 16.0. The predicted molar refractivity (Wildman–Crippen MR) is 104 cm³/mol. The molecule has 28 heavy (non-hydrogen) atoms. The molecule has 0 aliphatic rings. The Morgan fingerprint density at radius 3 is 2.11 bits per heavy atom. The van der Waals surface area contributed by atoms with Crippen LogP contribution in [-0.4, -0.2) is 39.0 Å². The minimum atomic E-state index is -3.54. The van der Waals surface area contributed by atoms with Gasteiger partial charge < -0.3 is 18.8 Å². The lowest BCUT2D eigenvalue weighted by atomic mass is 9.96. The van der Waals surface area contributed by atoms with Gasteiger partial charge >= 0.3 is 16.1 Å². The summed E-state index contributed by atoms with van der Waals surface area (Å²) >= 11 is 0. The lowest BCUT2D eigenvalue weighted by Crippen LogP contribution is -2.35. The Labute approximate surface area is 165 Å². The van der Waals surface area contributed by atoms with E-state index in [9.17, 15) is 18.3 Å². The van der Waals surface area contributed by atoms with Gasteiger partial charge in [0, 0.05) is 13.0 Å². The molecule has 0 saturated carbocycles. The Bertz CT molecular complexity index is 889. The van der Waals surface area contributed by atoms with Crippen LogP contribution in [0.3, 0.4) is 0 Å². The highest BCUT2D eigenvalue weighted by Gasteiger charge is 2.35. The maximum atomic E-state index is 11.5. The number of hydrogen-bond donors (Lipinski definition) is 1. The smallest absolute Gasteiger partial charge is 0.340 e. The van der Waals surface area contributed by atoms with Gasteiger partial charge in [0.05, 0.1) is 12.9 Å². The van der Waals surface area contributed by atoms with E-state index in [0.29, 0.717) is 24.3 Å². The minimum absolute atomic E-state index is 0.263. The van der Waals surface area contributed by atoms with Gasteiger partial charge in [-0.15, -0.1) is 0 Å². The molecule has 0 aliphatic carbocycles. The summed E-state index contributed by atoms with van der Waals surface area (Å²) in [6, 6.07) is 13.5. The topological polar surface area (TPSA) is 99.1 Å². The van der Waals surface area contributed by atoms with Crippen molar-refractivity contribution in [3.05, 3.63) is 59.7 Å². The molecular weight excluding hydrogens is 384 g/mol.